The minimum atomic E-state index is -3.52. The van der Waals surface area contributed by atoms with E-state index >= 15 is 0 Å². The van der Waals surface area contributed by atoms with Crippen molar-refractivity contribution in [3.05, 3.63) is 34.5 Å². The van der Waals surface area contributed by atoms with Crippen molar-refractivity contribution in [2.24, 2.45) is 9.50 Å². The van der Waals surface area contributed by atoms with Crippen molar-refractivity contribution in [1.29, 1.82) is 0 Å². The summed E-state index contributed by atoms with van der Waals surface area (Å²) in [6.07, 6.45) is 5.14. The van der Waals surface area contributed by atoms with Gasteiger partial charge in [-0.3, -0.25) is 0 Å². The molecule has 0 fully saturated rings. The lowest BCUT2D eigenvalue weighted by Crippen LogP contribution is -2.23. The highest BCUT2D eigenvalue weighted by Crippen LogP contribution is 2.45. The molecule has 0 saturated heterocycles. The van der Waals surface area contributed by atoms with Crippen LogP contribution in [-0.4, -0.2) is 39.8 Å². The van der Waals surface area contributed by atoms with E-state index in [2.05, 4.69) is 27.8 Å². The lowest BCUT2D eigenvalue weighted by Gasteiger charge is -2.31. The van der Waals surface area contributed by atoms with E-state index in [1.165, 1.54) is 28.5 Å². The van der Waals surface area contributed by atoms with Crippen LogP contribution in [0.3, 0.4) is 0 Å². The number of urea groups is 1. The van der Waals surface area contributed by atoms with Gasteiger partial charge in [-0.15, -0.1) is 4.36 Å². The van der Waals surface area contributed by atoms with Gasteiger partial charge in [0.2, 0.25) is 5.88 Å². The van der Waals surface area contributed by atoms with Gasteiger partial charge < -0.3 is 14.8 Å². The van der Waals surface area contributed by atoms with Gasteiger partial charge in [-0.25, -0.2) is 18.8 Å². The predicted octanol–water partition coefficient (Wildman–Crippen LogP) is 2.37. The number of fused-ring (bicyclic) bond motifs is 3. The number of anilines is 1. The lowest BCUT2D eigenvalue weighted by molar-refractivity contribution is 0.0920. The Labute approximate surface area is 175 Å². The Morgan fingerprint density at radius 1 is 1.47 bits per heavy atom. The Morgan fingerprint density at radius 3 is 3.07 bits per heavy atom. The van der Waals surface area contributed by atoms with Gasteiger partial charge >= 0.3 is 6.03 Å². The number of aryl methyl sites for hydroxylation is 1. The van der Waals surface area contributed by atoms with Gasteiger partial charge in [-0.2, -0.15) is 5.10 Å². The Bertz CT molecular complexity index is 1160. The first-order valence-electron chi connectivity index (χ1n) is 10.1. The van der Waals surface area contributed by atoms with Crippen molar-refractivity contribution in [2.45, 2.75) is 56.1 Å². The number of carbonyl (C=O) groups excluding carboxylic acids is 1. The second-order valence-corrected chi connectivity index (χ2v) is 9.96. The average Bonchev–Trinajstić information content (AvgIpc) is 3.35. The summed E-state index contributed by atoms with van der Waals surface area (Å²) in [5, 5.41) is 13.0. The second-order valence-electron chi connectivity index (χ2n) is 8.20. The predicted molar refractivity (Wildman–Crippen MR) is 111 cm³/mol. The first kappa shape index (κ1) is 19.5. The molecule has 1 aliphatic heterocycles. The molecule has 0 bridgehead atoms. The van der Waals surface area contributed by atoms with Crippen LogP contribution in [0.15, 0.2) is 21.5 Å². The molecule has 2 aromatic rings. The van der Waals surface area contributed by atoms with Crippen LogP contribution < -0.4 is 15.2 Å². The number of rotatable bonds is 4. The number of nitrogens with one attached hydrogen (secondary N) is 1. The topological polar surface area (TPSA) is 121 Å². The molecule has 5 rings (SSSR count). The first-order valence-corrected chi connectivity index (χ1v) is 11.7. The molecule has 0 saturated carbocycles. The van der Waals surface area contributed by atoms with Gasteiger partial charge in [-0.1, -0.05) is 13.0 Å². The van der Waals surface area contributed by atoms with E-state index in [1.54, 1.807) is 11.8 Å². The van der Waals surface area contributed by atoms with Gasteiger partial charge in [0, 0.05) is 12.8 Å². The lowest BCUT2D eigenvalue weighted by atomic mass is 9.75. The van der Waals surface area contributed by atoms with Crippen molar-refractivity contribution in [3.8, 4) is 5.88 Å². The van der Waals surface area contributed by atoms with Crippen LogP contribution in [0.1, 0.15) is 41.5 Å². The Hall–Kier alpha value is -2.43. The summed E-state index contributed by atoms with van der Waals surface area (Å²) in [7, 11) is -1.94. The molecule has 30 heavy (non-hydrogen) atoms. The van der Waals surface area contributed by atoms with Crippen molar-refractivity contribution in [2.75, 3.05) is 19.0 Å². The van der Waals surface area contributed by atoms with Crippen molar-refractivity contribution >= 4 is 21.6 Å². The maximum absolute atomic E-state index is 13.1. The third kappa shape index (κ3) is 3.10. The summed E-state index contributed by atoms with van der Waals surface area (Å²) < 4.78 is 29.4. The van der Waals surface area contributed by atoms with Crippen molar-refractivity contribution < 1.29 is 18.5 Å². The fraction of sp³-hybridized carbons (Fsp3) is 0.500. The van der Waals surface area contributed by atoms with E-state index < -0.39 is 15.9 Å². The smallest absolute Gasteiger partial charge is 0.354 e. The minimum absolute atomic E-state index is 0.121. The van der Waals surface area contributed by atoms with E-state index in [9.17, 15) is 9.00 Å². The zero-order chi connectivity index (χ0) is 21.0. The third-order valence-corrected chi connectivity index (χ3v) is 7.42. The highest BCUT2D eigenvalue weighted by Gasteiger charge is 2.33. The number of methoxy groups -OCH3 is 1. The highest BCUT2D eigenvalue weighted by molar-refractivity contribution is 7.91. The van der Waals surface area contributed by atoms with Gasteiger partial charge in [0.1, 0.15) is 11.0 Å². The van der Waals surface area contributed by atoms with Crippen LogP contribution in [0.25, 0.3) is 0 Å². The molecule has 0 spiro atoms. The number of nitrogens with zero attached hydrogens (tertiary/aromatic N) is 3. The maximum Gasteiger partial charge on any atom is 0.354 e. The fourth-order valence-corrected chi connectivity index (χ4v) is 5.76. The number of nitrogens with two attached hydrogens (primary N) is 1. The molecular weight excluding hydrogens is 406 g/mol. The molecule has 2 heterocycles. The monoisotopic (exact) mass is 431 g/mol. The molecular formula is C20H25N5O4S. The van der Waals surface area contributed by atoms with E-state index in [4.69, 9.17) is 14.6 Å². The quantitative estimate of drug-likeness (QED) is 0.770. The zero-order valence-electron chi connectivity index (χ0n) is 17.0. The van der Waals surface area contributed by atoms with Crippen LogP contribution in [0.4, 0.5) is 10.5 Å². The number of carbonyl (C=O) groups is 1. The number of hydrogen-bond donors (Lipinski definition) is 2. The number of amides is 2. The largest absolute Gasteiger partial charge is 0.469 e. The Morgan fingerprint density at radius 2 is 2.30 bits per heavy atom. The molecule has 10 heteroatoms. The SMILES string of the molecule is COC[C@H]1Cn2ncc(S(N)(=O)=NC(=O)Nc3c4c(cc5c3[C@H](C)C5)CCC4)c2O1. The van der Waals surface area contributed by atoms with E-state index in [1.807, 2.05) is 0 Å². The highest BCUT2D eigenvalue weighted by atomic mass is 32.2. The van der Waals surface area contributed by atoms with Crippen LogP contribution >= 0.6 is 0 Å². The van der Waals surface area contributed by atoms with Crippen LogP contribution in [-0.2, 0) is 40.5 Å². The van der Waals surface area contributed by atoms with Crippen LogP contribution in [0.2, 0.25) is 0 Å². The number of benzene rings is 1. The van der Waals surface area contributed by atoms with Crippen LogP contribution in [0, 0.1) is 0 Å². The molecule has 1 unspecified atom stereocenters. The third-order valence-electron chi connectivity index (χ3n) is 6.08. The summed E-state index contributed by atoms with van der Waals surface area (Å²) >= 11 is 0. The molecule has 1 aromatic carbocycles. The van der Waals surface area contributed by atoms with Gasteiger partial charge in [0.05, 0.1) is 19.3 Å². The fourth-order valence-electron chi connectivity index (χ4n) is 4.77. The normalized spacial score (nSPS) is 22.9. The van der Waals surface area contributed by atoms with E-state index in [0.717, 1.165) is 31.4 Å². The van der Waals surface area contributed by atoms with E-state index in [-0.39, 0.29) is 16.9 Å². The molecule has 3 atom stereocenters. The number of aromatic nitrogens is 2. The number of hydrogen-bond acceptors (Lipinski definition) is 5. The average molecular weight is 432 g/mol. The summed E-state index contributed by atoms with van der Waals surface area (Å²) in [6.45, 7) is 2.98. The van der Waals surface area contributed by atoms with E-state index in [0.29, 0.717) is 19.1 Å². The summed E-state index contributed by atoms with van der Waals surface area (Å²) in [4.78, 5) is 12.9. The summed E-state index contributed by atoms with van der Waals surface area (Å²) in [6, 6.07) is 1.55. The molecule has 0 radical (unpaired) electrons. The molecule has 3 aliphatic rings. The minimum Gasteiger partial charge on any atom is -0.469 e. The molecule has 3 N–H and O–H groups in total. The Balaban J connectivity index is 1.44. The van der Waals surface area contributed by atoms with Crippen molar-refractivity contribution in [3.63, 3.8) is 0 Å². The van der Waals surface area contributed by atoms with Crippen molar-refractivity contribution in [1.82, 2.24) is 9.78 Å². The standard InChI is InChI=1S/C20H25N5O4S/c1-11-6-13-7-12-4-3-5-15(12)18(17(11)13)23-20(26)24-30(21,27)16-8-22-25-9-14(10-28-2)29-19(16)25/h7-8,11,14H,3-6,9-10H2,1-2H3,(H3,21,23,24,26,27)/t11-,14-,30?/m1/s1. The summed E-state index contributed by atoms with van der Waals surface area (Å²) in [5.74, 6) is 0.660. The van der Waals surface area contributed by atoms with Gasteiger partial charge in [0.25, 0.3) is 0 Å². The molecule has 1 aromatic heterocycles. The first-order chi connectivity index (χ1) is 14.4. The second kappa shape index (κ2) is 7.07. The molecule has 2 aliphatic carbocycles. The molecule has 9 nitrogen and oxygen atoms in total. The maximum atomic E-state index is 13.1. The number of ether oxygens (including phenoxy) is 2. The van der Waals surface area contributed by atoms with Crippen LogP contribution in [0.5, 0.6) is 5.88 Å². The molecule has 2 amide bonds. The van der Waals surface area contributed by atoms with Gasteiger partial charge in [-0.05, 0) is 53.9 Å². The summed E-state index contributed by atoms with van der Waals surface area (Å²) in [5.41, 5.74) is 5.74. The molecule has 160 valence electrons. The zero-order valence-corrected chi connectivity index (χ0v) is 17.8. The van der Waals surface area contributed by atoms with Gasteiger partial charge in [0.15, 0.2) is 9.92 Å². The Kier molecular flexibility index (Phi) is 4.60.